The molecule has 6 nitrogen and oxygen atoms in total. The fourth-order valence-corrected chi connectivity index (χ4v) is 1.48. The molecular weight excluding hydrogens is 285 g/mol. The molecule has 9 heteroatoms. The third kappa shape index (κ3) is 3.25. The van der Waals surface area contributed by atoms with Gasteiger partial charge in [-0.25, -0.2) is 9.59 Å². The maximum Gasteiger partial charge on any atom is 0.417 e. The highest BCUT2D eigenvalue weighted by molar-refractivity contribution is 5.89. The lowest BCUT2D eigenvalue weighted by Gasteiger charge is -2.17. The summed E-state index contributed by atoms with van der Waals surface area (Å²) in [5.74, 6) is -3.65. The molecule has 1 aromatic rings. The van der Waals surface area contributed by atoms with Crippen LogP contribution in [0.2, 0.25) is 0 Å². The molecule has 110 valence electrons. The minimum absolute atomic E-state index is 0.292. The zero-order valence-corrected chi connectivity index (χ0v) is 9.63. The van der Waals surface area contributed by atoms with E-state index >= 15 is 0 Å². The lowest BCUT2D eigenvalue weighted by molar-refractivity contribution is -0.153. The molecule has 0 heterocycles. The number of aliphatic hydroxyl groups is 2. The van der Waals surface area contributed by atoms with Gasteiger partial charge in [-0.3, -0.25) is 0 Å². The van der Waals surface area contributed by atoms with E-state index in [0.717, 1.165) is 6.07 Å². The van der Waals surface area contributed by atoms with E-state index in [0.29, 0.717) is 12.1 Å². The fraction of sp³-hybridized carbons (Fsp3) is 0.273. The van der Waals surface area contributed by atoms with Gasteiger partial charge in [0.1, 0.15) is 6.10 Å². The van der Waals surface area contributed by atoms with Crippen LogP contribution in [0.25, 0.3) is 0 Å². The molecule has 1 aromatic carbocycles. The second kappa shape index (κ2) is 5.47. The number of halogens is 3. The Bertz CT molecular complexity index is 539. The van der Waals surface area contributed by atoms with Crippen molar-refractivity contribution in [1.29, 1.82) is 0 Å². The Balaban J connectivity index is 3.33. The molecule has 1 rings (SSSR count). The zero-order chi connectivity index (χ0) is 15.7. The number of hydrogen-bond donors (Lipinski definition) is 4. The van der Waals surface area contributed by atoms with Crippen molar-refractivity contribution in [3.8, 4) is 0 Å². The molecule has 0 saturated heterocycles. The van der Waals surface area contributed by atoms with Gasteiger partial charge in [-0.2, -0.15) is 13.2 Å². The van der Waals surface area contributed by atoms with Gasteiger partial charge in [-0.1, -0.05) is 6.07 Å². The third-order valence-electron chi connectivity index (χ3n) is 2.47. The first-order valence-electron chi connectivity index (χ1n) is 5.09. The van der Waals surface area contributed by atoms with Gasteiger partial charge in [0, 0.05) is 0 Å². The molecule has 0 aliphatic rings. The average molecular weight is 294 g/mol. The summed E-state index contributed by atoms with van der Waals surface area (Å²) in [7, 11) is 0. The Kier molecular flexibility index (Phi) is 4.36. The van der Waals surface area contributed by atoms with Gasteiger partial charge < -0.3 is 20.4 Å². The second-order valence-corrected chi connectivity index (χ2v) is 3.84. The highest BCUT2D eigenvalue weighted by atomic mass is 19.4. The summed E-state index contributed by atoms with van der Waals surface area (Å²) in [5, 5.41) is 35.6. The first-order valence-corrected chi connectivity index (χ1v) is 5.09. The van der Waals surface area contributed by atoms with E-state index in [1.165, 1.54) is 0 Å². The van der Waals surface area contributed by atoms with Crippen LogP contribution in [0, 0.1) is 0 Å². The molecule has 0 aliphatic heterocycles. The minimum atomic E-state index is -5.00. The van der Waals surface area contributed by atoms with E-state index in [9.17, 15) is 27.9 Å². The maximum atomic E-state index is 12.7. The van der Waals surface area contributed by atoms with Crippen LogP contribution in [0.4, 0.5) is 13.2 Å². The van der Waals surface area contributed by atoms with Gasteiger partial charge >= 0.3 is 18.1 Å². The van der Waals surface area contributed by atoms with Crippen LogP contribution in [0.1, 0.15) is 27.6 Å². The molecule has 0 spiro atoms. The standard InChI is InChI=1S/C11H9F3O6/c12-11(13,14)6-3-4(1-2-5(6)9(17)18)7(15)8(16)10(19)20/h1-3,7-8,15-16H,(H,17,18)(H,19,20). The van der Waals surface area contributed by atoms with Gasteiger partial charge in [0.25, 0.3) is 0 Å². The largest absolute Gasteiger partial charge is 0.479 e. The lowest BCUT2D eigenvalue weighted by atomic mass is 9.98. The zero-order valence-electron chi connectivity index (χ0n) is 9.63. The number of aromatic carboxylic acids is 1. The fourth-order valence-electron chi connectivity index (χ4n) is 1.48. The van der Waals surface area contributed by atoms with Gasteiger partial charge in [-0.05, 0) is 17.7 Å². The predicted molar refractivity (Wildman–Crippen MR) is 57.0 cm³/mol. The second-order valence-electron chi connectivity index (χ2n) is 3.84. The Morgan fingerprint density at radius 2 is 1.65 bits per heavy atom. The van der Waals surface area contributed by atoms with Crippen LogP contribution < -0.4 is 0 Å². The SMILES string of the molecule is O=C(O)c1ccc(C(O)C(O)C(=O)O)cc1C(F)(F)F. The van der Waals surface area contributed by atoms with Crippen LogP contribution >= 0.6 is 0 Å². The molecule has 0 radical (unpaired) electrons. The van der Waals surface area contributed by atoms with E-state index in [2.05, 4.69) is 0 Å². The van der Waals surface area contributed by atoms with Crippen molar-refractivity contribution in [3.63, 3.8) is 0 Å². The number of aliphatic carboxylic acids is 1. The average Bonchev–Trinajstić information content (AvgIpc) is 2.34. The van der Waals surface area contributed by atoms with Gasteiger partial charge in [-0.15, -0.1) is 0 Å². The summed E-state index contributed by atoms with van der Waals surface area (Å²) in [6, 6.07) is 1.67. The van der Waals surface area contributed by atoms with Crippen molar-refractivity contribution < 1.29 is 43.2 Å². The molecule has 4 N–H and O–H groups in total. The normalized spacial score (nSPS) is 14.7. The molecule has 2 unspecified atom stereocenters. The van der Waals surface area contributed by atoms with Crippen molar-refractivity contribution >= 4 is 11.9 Å². The molecule has 0 aliphatic carbocycles. The molecule has 0 bridgehead atoms. The first kappa shape index (κ1) is 15.9. The number of alkyl halides is 3. The molecular formula is C11H9F3O6. The number of carboxylic acids is 2. The lowest BCUT2D eigenvalue weighted by Crippen LogP contribution is -2.28. The Hall–Kier alpha value is -2.13. The smallest absolute Gasteiger partial charge is 0.417 e. The number of carboxylic acid groups (broad SMARTS) is 2. The predicted octanol–water partition coefficient (Wildman–Crippen LogP) is 0.882. The van der Waals surface area contributed by atoms with Gasteiger partial charge in [0.05, 0.1) is 11.1 Å². The monoisotopic (exact) mass is 294 g/mol. The van der Waals surface area contributed by atoms with Gasteiger partial charge in [0.15, 0.2) is 6.10 Å². The first-order chi connectivity index (χ1) is 9.05. The summed E-state index contributed by atoms with van der Waals surface area (Å²) < 4.78 is 38.1. The quantitative estimate of drug-likeness (QED) is 0.655. The van der Waals surface area contributed by atoms with Crippen molar-refractivity contribution in [2.75, 3.05) is 0 Å². The van der Waals surface area contributed by atoms with E-state index < -0.39 is 47.0 Å². The number of aliphatic hydroxyl groups excluding tert-OH is 2. The van der Waals surface area contributed by atoms with Crippen molar-refractivity contribution in [2.24, 2.45) is 0 Å². The maximum absolute atomic E-state index is 12.7. The number of carbonyl (C=O) groups is 2. The molecule has 2 atom stereocenters. The topological polar surface area (TPSA) is 115 Å². The summed E-state index contributed by atoms with van der Waals surface area (Å²) >= 11 is 0. The molecule has 20 heavy (non-hydrogen) atoms. The Labute approximate surface area is 109 Å². The Morgan fingerprint density at radius 3 is 2.05 bits per heavy atom. The summed E-state index contributed by atoms with van der Waals surface area (Å²) in [5.41, 5.74) is -3.14. The van der Waals surface area contributed by atoms with E-state index in [-0.39, 0.29) is 0 Å². The van der Waals surface area contributed by atoms with Crippen LogP contribution in [0.3, 0.4) is 0 Å². The Morgan fingerprint density at radius 1 is 1.10 bits per heavy atom. The minimum Gasteiger partial charge on any atom is -0.479 e. The van der Waals surface area contributed by atoms with Crippen molar-refractivity contribution in [2.45, 2.75) is 18.4 Å². The van der Waals surface area contributed by atoms with Crippen LogP contribution in [0.5, 0.6) is 0 Å². The molecule has 0 aromatic heterocycles. The molecule has 0 fully saturated rings. The summed E-state index contributed by atoms with van der Waals surface area (Å²) in [4.78, 5) is 21.1. The highest BCUT2D eigenvalue weighted by Gasteiger charge is 2.37. The summed E-state index contributed by atoms with van der Waals surface area (Å²) in [6.07, 6.45) is -9.44. The van der Waals surface area contributed by atoms with Gasteiger partial charge in [0.2, 0.25) is 0 Å². The van der Waals surface area contributed by atoms with Crippen LogP contribution in [-0.2, 0) is 11.0 Å². The van der Waals surface area contributed by atoms with Crippen LogP contribution in [0.15, 0.2) is 18.2 Å². The van der Waals surface area contributed by atoms with Crippen molar-refractivity contribution in [3.05, 3.63) is 34.9 Å². The van der Waals surface area contributed by atoms with Crippen molar-refractivity contribution in [1.82, 2.24) is 0 Å². The number of benzene rings is 1. The third-order valence-corrected chi connectivity index (χ3v) is 2.47. The number of hydrogen-bond acceptors (Lipinski definition) is 4. The number of rotatable bonds is 4. The van der Waals surface area contributed by atoms with Crippen LogP contribution in [-0.4, -0.2) is 38.5 Å². The summed E-state index contributed by atoms with van der Waals surface area (Å²) in [6.45, 7) is 0. The highest BCUT2D eigenvalue weighted by Crippen LogP contribution is 2.34. The van der Waals surface area contributed by atoms with E-state index in [4.69, 9.17) is 15.3 Å². The molecule has 0 saturated carbocycles. The van der Waals surface area contributed by atoms with E-state index in [1.807, 2.05) is 0 Å². The molecule has 0 amide bonds. The van der Waals surface area contributed by atoms with E-state index in [1.54, 1.807) is 0 Å².